The first-order chi connectivity index (χ1) is 4.81. The highest BCUT2D eigenvalue weighted by Gasteiger charge is 1.91. The van der Waals surface area contributed by atoms with Crippen LogP contribution in [0.3, 0.4) is 0 Å². The molecule has 0 radical (unpaired) electrons. The number of urea groups is 1. The second-order valence-corrected chi connectivity index (χ2v) is 1.87. The summed E-state index contributed by atoms with van der Waals surface area (Å²) in [4.78, 5) is 13.9. The van der Waals surface area contributed by atoms with Gasteiger partial charge in [-0.1, -0.05) is 0 Å². The second kappa shape index (κ2) is 6.64. The molecule has 60 valence electrons. The highest BCUT2D eigenvalue weighted by molar-refractivity contribution is 6.24. The summed E-state index contributed by atoms with van der Waals surface area (Å²) in [6, 6.07) is -0.178. The van der Waals surface area contributed by atoms with Gasteiger partial charge in [0, 0.05) is 13.1 Å². The van der Waals surface area contributed by atoms with Gasteiger partial charge >= 0.3 is 6.03 Å². The average Bonchev–Trinajstić information content (AvgIpc) is 1.89. The van der Waals surface area contributed by atoms with Crippen LogP contribution in [-0.2, 0) is 0 Å². The van der Waals surface area contributed by atoms with Gasteiger partial charge in [0.05, 0.1) is 0 Å². The Morgan fingerprint density at radius 3 is 2.80 bits per heavy atom. The Hall–Kier alpha value is -0.480. The van der Waals surface area contributed by atoms with Crippen molar-refractivity contribution in [2.24, 2.45) is 0 Å². The van der Waals surface area contributed by atoms with Crippen molar-refractivity contribution in [2.75, 3.05) is 19.6 Å². The number of hydrogen-bond donors (Lipinski definition) is 2. The van der Waals surface area contributed by atoms with Crippen molar-refractivity contribution in [3.05, 3.63) is 4.84 Å². The lowest BCUT2D eigenvalue weighted by molar-refractivity contribution is 0.242. The van der Waals surface area contributed by atoms with Crippen LogP contribution in [0.1, 0.15) is 6.92 Å². The summed E-state index contributed by atoms with van der Waals surface area (Å²) in [7, 11) is 0. The monoisotopic (exact) mass is 164 g/mol. The van der Waals surface area contributed by atoms with E-state index in [0.29, 0.717) is 19.6 Å². The van der Waals surface area contributed by atoms with Crippen LogP contribution < -0.4 is 10.6 Å². The molecule has 0 bridgehead atoms. The summed E-state index contributed by atoms with van der Waals surface area (Å²) in [6.45, 7) is 3.41. The topological polar surface area (TPSA) is 55.2 Å². The zero-order valence-corrected chi connectivity index (χ0v) is 6.61. The Morgan fingerprint density at radius 1 is 1.60 bits per heavy atom. The number of amides is 2. The van der Waals surface area contributed by atoms with Crippen molar-refractivity contribution in [3.63, 3.8) is 0 Å². The van der Waals surface area contributed by atoms with Crippen LogP contribution >= 0.6 is 11.8 Å². The molecule has 0 atom stereocenters. The first-order valence-corrected chi connectivity index (χ1v) is 3.44. The maximum absolute atomic E-state index is 10.6. The lowest BCUT2D eigenvalue weighted by atomic mass is 10.6. The molecule has 0 aromatic rings. The number of nitrogens with one attached hydrogen (secondary N) is 2. The van der Waals surface area contributed by atoms with Crippen molar-refractivity contribution in [1.82, 2.24) is 10.6 Å². The van der Waals surface area contributed by atoms with Gasteiger partial charge in [-0.15, -0.1) is 6.54 Å². The number of nitrogens with zero attached hydrogens (tertiary/aromatic N) is 1. The minimum atomic E-state index is -0.178. The third-order valence-electron chi connectivity index (χ3n) is 0.819. The predicted octanol–water partition coefficient (Wildman–Crippen LogP) is 0.833. The molecule has 0 rings (SSSR count). The van der Waals surface area contributed by atoms with E-state index in [2.05, 4.69) is 15.5 Å². The Bertz CT molecular complexity index is 98.9. The molecule has 10 heavy (non-hydrogen) atoms. The zero-order chi connectivity index (χ0) is 7.82. The minimum absolute atomic E-state index is 0.178. The van der Waals surface area contributed by atoms with E-state index in [-0.39, 0.29) is 6.03 Å². The minimum Gasteiger partial charge on any atom is -0.574 e. The normalized spacial score (nSPS) is 9.00. The molecule has 0 aliphatic carbocycles. The van der Waals surface area contributed by atoms with Crippen LogP contribution in [0.5, 0.6) is 0 Å². The molecule has 0 unspecified atom stereocenters. The van der Waals surface area contributed by atoms with E-state index >= 15 is 0 Å². The summed E-state index contributed by atoms with van der Waals surface area (Å²) in [5, 5.41) is 5.13. The van der Waals surface area contributed by atoms with E-state index < -0.39 is 0 Å². The predicted molar refractivity (Wildman–Crippen MR) is 41.2 cm³/mol. The van der Waals surface area contributed by atoms with E-state index in [0.717, 1.165) is 0 Å². The molecule has 0 fully saturated rings. The maximum Gasteiger partial charge on any atom is 0.314 e. The summed E-state index contributed by atoms with van der Waals surface area (Å²) in [5.74, 6) is 0. The van der Waals surface area contributed by atoms with Crippen molar-refractivity contribution in [2.45, 2.75) is 6.92 Å². The van der Waals surface area contributed by atoms with Crippen molar-refractivity contribution in [3.8, 4) is 0 Å². The van der Waals surface area contributed by atoms with Gasteiger partial charge in [0.1, 0.15) is 0 Å². The Balaban J connectivity index is 3.05. The van der Waals surface area contributed by atoms with Crippen molar-refractivity contribution >= 4 is 17.8 Å². The third kappa shape index (κ3) is 5.65. The molecule has 0 aromatic carbocycles. The zero-order valence-electron chi connectivity index (χ0n) is 5.85. The quantitative estimate of drug-likeness (QED) is 0.595. The van der Waals surface area contributed by atoms with Crippen molar-refractivity contribution < 1.29 is 4.79 Å². The van der Waals surface area contributed by atoms with E-state index in [1.54, 1.807) is 0 Å². The summed E-state index contributed by atoms with van der Waals surface area (Å²) >= 11 is 5.02. The molecular weight excluding hydrogens is 154 g/mol. The molecule has 0 saturated heterocycles. The largest absolute Gasteiger partial charge is 0.574 e. The molecule has 0 saturated carbocycles. The number of carbonyl (C=O) groups is 1. The van der Waals surface area contributed by atoms with Crippen LogP contribution in [0.15, 0.2) is 0 Å². The summed E-state index contributed by atoms with van der Waals surface area (Å²) in [5.41, 5.74) is 0. The fourth-order valence-corrected chi connectivity index (χ4v) is 0.519. The van der Waals surface area contributed by atoms with Gasteiger partial charge in [-0.05, 0) is 6.92 Å². The molecule has 0 aliphatic heterocycles. The summed E-state index contributed by atoms with van der Waals surface area (Å²) in [6.07, 6.45) is 0. The average molecular weight is 165 g/mol. The molecule has 0 heterocycles. The molecule has 5 heteroatoms. The Kier molecular flexibility index (Phi) is 6.32. The van der Waals surface area contributed by atoms with Gasteiger partial charge in [0.15, 0.2) is 0 Å². The van der Waals surface area contributed by atoms with E-state index in [1.807, 2.05) is 6.92 Å². The maximum atomic E-state index is 10.6. The number of rotatable bonds is 4. The van der Waals surface area contributed by atoms with Crippen LogP contribution in [-0.4, -0.2) is 25.7 Å². The molecular formula is C5H11ClN3O-. The van der Waals surface area contributed by atoms with Gasteiger partial charge in [0.25, 0.3) is 0 Å². The molecule has 0 aromatic heterocycles. The summed E-state index contributed by atoms with van der Waals surface area (Å²) < 4.78 is 0. The fourth-order valence-electron chi connectivity index (χ4n) is 0.435. The van der Waals surface area contributed by atoms with Crippen LogP contribution in [0.25, 0.3) is 4.84 Å². The van der Waals surface area contributed by atoms with Gasteiger partial charge in [-0.25, -0.2) is 4.79 Å². The molecule has 2 amide bonds. The number of hydrogen-bond acceptors (Lipinski definition) is 1. The van der Waals surface area contributed by atoms with Crippen LogP contribution in [0.4, 0.5) is 4.79 Å². The van der Waals surface area contributed by atoms with Crippen LogP contribution in [0.2, 0.25) is 0 Å². The van der Waals surface area contributed by atoms with E-state index in [1.165, 1.54) is 0 Å². The second-order valence-electron chi connectivity index (χ2n) is 1.63. The smallest absolute Gasteiger partial charge is 0.314 e. The van der Waals surface area contributed by atoms with Crippen molar-refractivity contribution in [1.29, 1.82) is 0 Å². The first kappa shape index (κ1) is 9.52. The van der Waals surface area contributed by atoms with Gasteiger partial charge in [0.2, 0.25) is 0 Å². The number of halogens is 1. The van der Waals surface area contributed by atoms with E-state index in [4.69, 9.17) is 11.8 Å². The van der Waals surface area contributed by atoms with Gasteiger partial charge in [-0.3, -0.25) is 11.8 Å². The molecule has 0 spiro atoms. The lowest BCUT2D eigenvalue weighted by Crippen LogP contribution is -2.36. The first-order valence-electron chi connectivity index (χ1n) is 3.10. The molecule has 0 aliphatic rings. The SMILES string of the molecule is CCNC(=O)NCC[N-]Cl. The Labute approximate surface area is 65.4 Å². The van der Waals surface area contributed by atoms with Gasteiger partial charge in [-0.2, -0.15) is 0 Å². The highest BCUT2D eigenvalue weighted by atomic mass is 35.5. The van der Waals surface area contributed by atoms with Crippen LogP contribution in [0, 0.1) is 0 Å². The Morgan fingerprint density at radius 2 is 2.30 bits per heavy atom. The lowest BCUT2D eigenvalue weighted by Gasteiger charge is -2.09. The van der Waals surface area contributed by atoms with E-state index in [9.17, 15) is 4.79 Å². The fraction of sp³-hybridized carbons (Fsp3) is 0.800. The standard InChI is InChI=1S/C5H11ClN3O/c1-2-7-5(10)8-3-4-9-6/h2-4H2,1H3,(H2,7,8,10)/q-1. The third-order valence-corrected chi connectivity index (χ3v) is 0.988. The number of carbonyl (C=O) groups excluding carboxylic acids is 1. The molecule has 4 nitrogen and oxygen atoms in total. The van der Waals surface area contributed by atoms with Gasteiger partial charge < -0.3 is 15.5 Å². The molecule has 2 N–H and O–H groups in total. The highest BCUT2D eigenvalue weighted by Crippen LogP contribution is 1.86.